The van der Waals surface area contributed by atoms with Crippen LogP contribution < -0.4 is 10.6 Å². The van der Waals surface area contributed by atoms with E-state index < -0.39 is 0 Å². The van der Waals surface area contributed by atoms with E-state index in [-0.39, 0.29) is 11.9 Å². The van der Waals surface area contributed by atoms with Crippen LogP contribution in [-0.2, 0) is 0 Å². The van der Waals surface area contributed by atoms with Crippen LogP contribution in [0.3, 0.4) is 0 Å². The van der Waals surface area contributed by atoms with Crippen LogP contribution in [0, 0.1) is 6.92 Å². The lowest BCUT2D eigenvalue weighted by Gasteiger charge is -2.14. The number of amides is 1. The lowest BCUT2D eigenvalue weighted by molar-refractivity contribution is 0.0951. The number of hydrogen-bond acceptors (Lipinski definition) is 3. The van der Waals surface area contributed by atoms with Crippen molar-refractivity contribution in [2.75, 3.05) is 5.32 Å². The topological polar surface area (TPSA) is 41.1 Å². The van der Waals surface area contributed by atoms with Gasteiger partial charge in [-0.1, -0.05) is 0 Å². The summed E-state index contributed by atoms with van der Waals surface area (Å²) >= 11 is 1.81. The predicted molar refractivity (Wildman–Crippen MR) is 88.0 cm³/mol. The summed E-state index contributed by atoms with van der Waals surface area (Å²) in [5.41, 5.74) is 1.77. The van der Waals surface area contributed by atoms with E-state index in [1.54, 1.807) is 0 Å². The fourth-order valence-corrected chi connectivity index (χ4v) is 3.10. The van der Waals surface area contributed by atoms with Gasteiger partial charge in [-0.25, -0.2) is 0 Å². The minimum atomic E-state index is 0.0333. The van der Waals surface area contributed by atoms with Crippen LogP contribution in [0.5, 0.6) is 0 Å². The number of anilines is 1. The standard InChI is InChI=1S/C17H20N2OS/c1-11-3-10-16(21-11)12(2)18-14-6-4-13(5-7-14)17(20)19-15-8-9-15/h3-7,10,12,15,18H,8-9H2,1-2H3,(H,19,20). The van der Waals surface area contributed by atoms with Crippen molar-refractivity contribution in [3.05, 3.63) is 51.7 Å². The molecule has 0 bridgehead atoms. The molecule has 0 aliphatic heterocycles. The molecule has 4 heteroatoms. The maximum Gasteiger partial charge on any atom is 0.251 e. The maximum atomic E-state index is 11.9. The van der Waals surface area contributed by atoms with Gasteiger partial charge in [0, 0.05) is 27.0 Å². The van der Waals surface area contributed by atoms with E-state index in [0.717, 1.165) is 24.1 Å². The van der Waals surface area contributed by atoms with E-state index in [2.05, 4.69) is 36.6 Å². The lowest BCUT2D eigenvalue weighted by Crippen LogP contribution is -2.25. The molecule has 2 aromatic rings. The normalized spacial score (nSPS) is 15.5. The van der Waals surface area contributed by atoms with Crippen LogP contribution in [0.4, 0.5) is 5.69 Å². The zero-order valence-electron chi connectivity index (χ0n) is 12.3. The monoisotopic (exact) mass is 300 g/mol. The van der Waals surface area contributed by atoms with Crippen molar-refractivity contribution >= 4 is 22.9 Å². The Kier molecular flexibility index (Phi) is 3.97. The molecular formula is C17H20N2OS. The average molecular weight is 300 g/mol. The van der Waals surface area contributed by atoms with Gasteiger partial charge in [0.05, 0.1) is 6.04 Å². The summed E-state index contributed by atoms with van der Waals surface area (Å²) in [6.45, 7) is 4.27. The van der Waals surface area contributed by atoms with Gasteiger partial charge >= 0.3 is 0 Å². The second kappa shape index (κ2) is 5.90. The summed E-state index contributed by atoms with van der Waals surface area (Å²) < 4.78 is 0. The minimum Gasteiger partial charge on any atom is -0.378 e. The van der Waals surface area contributed by atoms with Gasteiger partial charge in [0.1, 0.15) is 0 Å². The first-order valence-electron chi connectivity index (χ1n) is 7.35. The third-order valence-corrected chi connectivity index (χ3v) is 4.81. The van der Waals surface area contributed by atoms with Crippen molar-refractivity contribution in [2.24, 2.45) is 0 Å². The highest BCUT2D eigenvalue weighted by molar-refractivity contribution is 7.12. The van der Waals surface area contributed by atoms with Crippen molar-refractivity contribution < 1.29 is 4.79 Å². The molecule has 1 fully saturated rings. The van der Waals surface area contributed by atoms with E-state index in [9.17, 15) is 4.79 Å². The zero-order valence-corrected chi connectivity index (χ0v) is 13.2. The maximum absolute atomic E-state index is 11.9. The molecule has 1 aromatic carbocycles. The molecular weight excluding hydrogens is 280 g/mol. The smallest absolute Gasteiger partial charge is 0.251 e. The molecule has 110 valence electrons. The molecule has 1 aromatic heterocycles. The lowest BCUT2D eigenvalue weighted by atomic mass is 10.1. The highest BCUT2D eigenvalue weighted by atomic mass is 32.1. The summed E-state index contributed by atoms with van der Waals surface area (Å²) in [5.74, 6) is 0.0333. The van der Waals surface area contributed by atoms with Crippen molar-refractivity contribution in [2.45, 2.75) is 38.8 Å². The van der Waals surface area contributed by atoms with Crippen LogP contribution >= 0.6 is 11.3 Å². The van der Waals surface area contributed by atoms with E-state index >= 15 is 0 Å². The van der Waals surface area contributed by atoms with Crippen molar-refractivity contribution in [1.82, 2.24) is 5.32 Å². The van der Waals surface area contributed by atoms with E-state index in [4.69, 9.17) is 0 Å². The average Bonchev–Trinajstić information content (AvgIpc) is 3.17. The molecule has 1 aliphatic carbocycles. The number of benzene rings is 1. The molecule has 1 saturated carbocycles. The summed E-state index contributed by atoms with van der Waals surface area (Å²) in [7, 11) is 0. The molecule has 2 N–H and O–H groups in total. The molecule has 1 amide bonds. The molecule has 1 atom stereocenters. The Morgan fingerprint density at radius 2 is 1.90 bits per heavy atom. The van der Waals surface area contributed by atoms with Crippen LogP contribution in [0.1, 0.15) is 45.9 Å². The van der Waals surface area contributed by atoms with Gasteiger partial charge in [0.2, 0.25) is 0 Å². The number of nitrogens with one attached hydrogen (secondary N) is 2. The van der Waals surface area contributed by atoms with Crippen LogP contribution in [0.15, 0.2) is 36.4 Å². The van der Waals surface area contributed by atoms with Gasteiger partial charge in [-0.2, -0.15) is 0 Å². The number of aryl methyl sites for hydroxylation is 1. The molecule has 0 radical (unpaired) electrons. The SMILES string of the molecule is Cc1ccc(C(C)Nc2ccc(C(=O)NC3CC3)cc2)s1. The first-order chi connectivity index (χ1) is 10.1. The fourth-order valence-electron chi connectivity index (χ4n) is 2.22. The molecule has 21 heavy (non-hydrogen) atoms. The fraction of sp³-hybridized carbons (Fsp3) is 0.353. The highest BCUT2D eigenvalue weighted by Crippen LogP contribution is 2.26. The van der Waals surface area contributed by atoms with Crippen LogP contribution in [0.25, 0.3) is 0 Å². The quantitative estimate of drug-likeness (QED) is 0.872. The number of thiophene rings is 1. The third-order valence-electron chi connectivity index (χ3n) is 3.63. The first-order valence-corrected chi connectivity index (χ1v) is 8.17. The van der Waals surface area contributed by atoms with E-state index in [1.807, 2.05) is 35.6 Å². The van der Waals surface area contributed by atoms with Crippen molar-refractivity contribution in [1.29, 1.82) is 0 Å². The Balaban J connectivity index is 1.62. The summed E-state index contributed by atoms with van der Waals surface area (Å²) in [4.78, 5) is 14.6. The Labute approximate surface area is 129 Å². The van der Waals surface area contributed by atoms with Crippen molar-refractivity contribution in [3.63, 3.8) is 0 Å². The van der Waals surface area contributed by atoms with E-state index in [1.165, 1.54) is 9.75 Å². The first kappa shape index (κ1) is 14.1. The minimum absolute atomic E-state index is 0.0333. The van der Waals surface area contributed by atoms with Gasteiger partial charge < -0.3 is 10.6 Å². The Morgan fingerprint density at radius 3 is 2.48 bits per heavy atom. The summed E-state index contributed by atoms with van der Waals surface area (Å²) in [6.07, 6.45) is 2.23. The van der Waals surface area contributed by atoms with Gasteiger partial charge in [0.15, 0.2) is 0 Å². The molecule has 1 aliphatic rings. The second-order valence-electron chi connectivity index (χ2n) is 5.64. The molecule has 0 spiro atoms. The van der Waals surface area contributed by atoms with E-state index in [0.29, 0.717) is 6.04 Å². The number of rotatable bonds is 5. The van der Waals surface area contributed by atoms with Gasteiger partial charge in [-0.3, -0.25) is 4.79 Å². The molecule has 0 saturated heterocycles. The number of carbonyl (C=O) groups is 1. The zero-order chi connectivity index (χ0) is 14.8. The Bertz CT molecular complexity index is 628. The van der Waals surface area contributed by atoms with Gasteiger partial charge in [-0.15, -0.1) is 11.3 Å². The van der Waals surface area contributed by atoms with Crippen LogP contribution in [0.2, 0.25) is 0 Å². The van der Waals surface area contributed by atoms with Crippen LogP contribution in [-0.4, -0.2) is 11.9 Å². The Morgan fingerprint density at radius 1 is 1.19 bits per heavy atom. The largest absolute Gasteiger partial charge is 0.378 e. The number of hydrogen-bond donors (Lipinski definition) is 2. The van der Waals surface area contributed by atoms with Crippen molar-refractivity contribution in [3.8, 4) is 0 Å². The summed E-state index contributed by atoms with van der Waals surface area (Å²) in [5, 5.41) is 6.47. The highest BCUT2D eigenvalue weighted by Gasteiger charge is 2.23. The molecule has 3 rings (SSSR count). The third kappa shape index (κ3) is 3.64. The second-order valence-corrected chi connectivity index (χ2v) is 6.96. The predicted octanol–water partition coefficient (Wildman–Crippen LogP) is 4.12. The Hall–Kier alpha value is -1.81. The molecule has 3 nitrogen and oxygen atoms in total. The van der Waals surface area contributed by atoms with Gasteiger partial charge in [0.25, 0.3) is 5.91 Å². The number of carbonyl (C=O) groups excluding carboxylic acids is 1. The molecule has 1 heterocycles. The summed E-state index contributed by atoms with van der Waals surface area (Å²) in [6, 6.07) is 12.7. The van der Waals surface area contributed by atoms with Gasteiger partial charge in [-0.05, 0) is 63.1 Å². The molecule has 1 unspecified atom stereocenters.